The first-order valence-electron chi connectivity index (χ1n) is 3.93. The largest absolute Gasteiger partial charge is 0.265 e. The average Bonchev–Trinajstić information content (AvgIpc) is 2.46. The Labute approximate surface area is 88.4 Å². The minimum Gasteiger partial charge on any atom is -0.265 e. The highest BCUT2D eigenvalue weighted by molar-refractivity contribution is 9.10. The molecule has 0 spiro atoms. The van der Waals surface area contributed by atoms with E-state index in [9.17, 15) is 4.79 Å². The summed E-state index contributed by atoms with van der Waals surface area (Å²) in [5, 5.41) is 4.94. The number of aromatic nitrogens is 2. The fourth-order valence-electron chi connectivity index (χ4n) is 1.40. The van der Waals surface area contributed by atoms with Gasteiger partial charge in [-0.1, -0.05) is 6.07 Å². The van der Waals surface area contributed by atoms with E-state index < -0.39 is 0 Å². The lowest BCUT2D eigenvalue weighted by Gasteiger charge is -1.95. The van der Waals surface area contributed by atoms with Crippen LogP contribution < -0.4 is 0 Å². The molecule has 14 heavy (non-hydrogen) atoms. The molecule has 1 aromatic heterocycles. The maximum absolute atomic E-state index is 10.2. The molecule has 2 rings (SSSR count). The van der Waals surface area contributed by atoms with Gasteiger partial charge in [0, 0.05) is 16.9 Å². The average molecular weight is 252 g/mol. The van der Waals surface area contributed by atoms with Crippen LogP contribution in [0, 0.1) is 0 Å². The van der Waals surface area contributed by atoms with Crippen LogP contribution >= 0.6 is 15.9 Å². The molecular weight excluding hydrogens is 246 g/mol. The summed E-state index contributed by atoms with van der Waals surface area (Å²) in [7, 11) is 1.80. The summed E-state index contributed by atoms with van der Waals surface area (Å²) in [5.74, 6) is 0.402. The van der Waals surface area contributed by atoms with Crippen molar-refractivity contribution in [2.75, 3.05) is 0 Å². The van der Waals surface area contributed by atoms with E-state index in [-0.39, 0.29) is 0 Å². The summed E-state index contributed by atoms with van der Waals surface area (Å²) in [4.78, 5) is 13.7. The third-order valence-electron chi connectivity index (χ3n) is 1.95. The molecule has 0 amide bonds. The first kappa shape index (κ1) is 9.12. The number of benzene rings is 1. The molecule has 0 atom stereocenters. The molecule has 70 valence electrons. The van der Waals surface area contributed by atoms with Crippen LogP contribution in [-0.2, 0) is 11.8 Å². The smallest absolute Gasteiger partial charge is 0.242 e. The molecular formula is C9H6BrN3O. The lowest BCUT2D eigenvalue weighted by molar-refractivity contribution is 0.565. The van der Waals surface area contributed by atoms with Crippen molar-refractivity contribution in [3.05, 3.63) is 22.7 Å². The number of aryl methyl sites for hydroxylation is 1. The highest BCUT2D eigenvalue weighted by atomic mass is 79.9. The highest BCUT2D eigenvalue weighted by Gasteiger charge is 2.09. The normalized spacial score (nSPS) is 10.1. The molecule has 0 unspecified atom stereocenters. The Morgan fingerprint density at radius 1 is 1.57 bits per heavy atom. The first-order chi connectivity index (χ1) is 6.74. The van der Waals surface area contributed by atoms with Gasteiger partial charge >= 0.3 is 0 Å². The molecule has 0 aliphatic carbocycles. The maximum Gasteiger partial charge on any atom is 0.242 e. The highest BCUT2D eigenvalue weighted by Crippen LogP contribution is 2.29. The second-order valence-electron chi connectivity index (χ2n) is 2.79. The van der Waals surface area contributed by atoms with Crippen LogP contribution in [0.5, 0.6) is 0 Å². The molecule has 0 aliphatic heterocycles. The number of carbonyl (C=O) groups excluding carboxylic acids is 1. The molecule has 0 radical (unpaired) electrons. The Kier molecular flexibility index (Phi) is 2.19. The Bertz CT molecular complexity index is 540. The third kappa shape index (κ3) is 1.27. The molecule has 4 nitrogen and oxygen atoms in total. The SMILES string of the molecule is Cn1nc(N=C=O)c2cccc(Br)c21. The van der Waals surface area contributed by atoms with Gasteiger partial charge in [-0.3, -0.25) is 4.68 Å². The fraction of sp³-hybridized carbons (Fsp3) is 0.111. The van der Waals surface area contributed by atoms with Crippen molar-refractivity contribution < 1.29 is 4.79 Å². The van der Waals surface area contributed by atoms with E-state index in [1.165, 1.54) is 6.08 Å². The maximum atomic E-state index is 10.2. The van der Waals surface area contributed by atoms with E-state index in [0.717, 1.165) is 15.4 Å². The van der Waals surface area contributed by atoms with E-state index in [0.29, 0.717) is 5.82 Å². The van der Waals surface area contributed by atoms with Gasteiger partial charge in [-0.2, -0.15) is 5.10 Å². The van der Waals surface area contributed by atoms with Crippen LogP contribution in [0.2, 0.25) is 0 Å². The van der Waals surface area contributed by atoms with E-state index in [1.807, 2.05) is 18.2 Å². The molecule has 1 aromatic carbocycles. The monoisotopic (exact) mass is 251 g/mol. The molecule has 5 heteroatoms. The number of hydrogen-bond donors (Lipinski definition) is 0. The molecule has 0 saturated carbocycles. The van der Waals surface area contributed by atoms with E-state index in [1.54, 1.807) is 11.7 Å². The van der Waals surface area contributed by atoms with Gasteiger partial charge in [-0.25, -0.2) is 4.79 Å². The summed E-state index contributed by atoms with van der Waals surface area (Å²) >= 11 is 3.41. The zero-order chi connectivity index (χ0) is 10.1. The number of nitrogens with zero attached hydrogens (tertiary/aromatic N) is 3. The predicted molar refractivity (Wildman–Crippen MR) is 56.2 cm³/mol. The van der Waals surface area contributed by atoms with Gasteiger partial charge in [0.2, 0.25) is 6.08 Å². The molecule has 0 bridgehead atoms. The Hall–Kier alpha value is -1.45. The van der Waals surface area contributed by atoms with Gasteiger partial charge in [0.05, 0.1) is 5.52 Å². The molecule has 0 saturated heterocycles. The summed E-state index contributed by atoms with van der Waals surface area (Å²) in [5.41, 5.74) is 0.918. The zero-order valence-electron chi connectivity index (χ0n) is 7.36. The number of aliphatic imine (C=N–C) groups is 1. The van der Waals surface area contributed by atoms with E-state index >= 15 is 0 Å². The minimum atomic E-state index is 0.402. The van der Waals surface area contributed by atoms with Crippen LogP contribution in [-0.4, -0.2) is 15.9 Å². The number of rotatable bonds is 1. The molecule has 0 fully saturated rings. The number of para-hydroxylation sites is 1. The van der Waals surface area contributed by atoms with Crippen LogP contribution in [0.1, 0.15) is 0 Å². The number of fused-ring (bicyclic) bond motifs is 1. The summed E-state index contributed by atoms with van der Waals surface area (Å²) in [6.45, 7) is 0. The molecule has 0 aliphatic rings. The van der Waals surface area contributed by atoms with Crippen molar-refractivity contribution in [1.82, 2.24) is 9.78 Å². The Morgan fingerprint density at radius 2 is 2.36 bits per heavy atom. The number of hydrogen-bond acceptors (Lipinski definition) is 3. The van der Waals surface area contributed by atoms with E-state index in [4.69, 9.17) is 0 Å². The van der Waals surface area contributed by atoms with Crippen molar-refractivity contribution in [3.8, 4) is 0 Å². The van der Waals surface area contributed by atoms with Gasteiger partial charge < -0.3 is 0 Å². The van der Waals surface area contributed by atoms with Gasteiger partial charge in [0.1, 0.15) is 0 Å². The molecule has 2 aromatic rings. The van der Waals surface area contributed by atoms with Crippen LogP contribution in [0.4, 0.5) is 5.82 Å². The van der Waals surface area contributed by atoms with Crippen molar-refractivity contribution in [2.45, 2.75) is 0 Å². The summed E-state index contributed by atoms with van der Waals surface area (Å²) in [6.07, 6.45) is 1.49. The Balaban J connectivity index is 2.90. The quantitative estimate of drug-likeness (QED) is 0.577. The van der Waals surface area contributed by atoms with Gasteiger partial charge in [-0.05, 0) is 28.1 Å². The van der Waals surface area contributed by atoms with Crippen molar-refractivity contribution in [2.24, 2.45) is 12.0 Å². The van der Waals surface area contributed by atoms with Gasteiger partial charge in [0.25, 0.3) is 0 Å². The van der Waals surface area contributed by atoms with E-state index in [2.05, 4.69) is 26.0 Å². The Morgan fingerprint density at radius 3 is 3.07 bits per heavy atom. The standard InChI is InChI=1S/C9H6BrN3O/c1-13-8-6(3-2-4-7(8)10)9(12-13)11-5-14/h2-4H,1H3. The summed E-state index contributed by atoms with van der Waals surface area (Å²) in [6, 6.07) is 5.65. The fourth-order valence-corrected chi connectivity index (χ4v) is 2.02. The lowest BCUT2D eigenvalue weighted by atomic mass is 10.2. The predicted octanol–water partition coefficient (Wildman–Crippen LogP) is 2.30. The number of halogens is 1. The van der Waals surface area contributed by atoms with Crippen LogP contribution in [0.3, 0.4) is 0 Å². The van der Waals surface area contributed by atoms with Crippen LogP contribution in [0.15, 0.2) is 27.7 Å². The van der Waals surface area contributed by atoms with Gasteiger partial charge in [-0.15, -0.1) is 4.99 Å². The first-order valence-corrected chi connectivity index (χ1v) is 4.72. The second-order valence-corrected chi connectivity index (χ2v) is 3.64. The number of isocyanates is 1. The molecule has 0 N–H and O–H groups in total. The second kappa shape index (κ2) is 3.36. The summed E-state index contributed by atoms with van der Waals surface area (Å²) < 4.78 is 2.60. The van der Waals surface area contributed by atoms with Crippen molar-refractivity contribution >= 4 is 38.7 Å². The van der Waals surface area contributed by atoms with Crippen molar-refractivity contribution in [1.29, 1.82) is 0 Å². The topological polar surface area (TPSA) is 47.2 Å². The lowest BCUT2D eigenvalue weighted by Crippen LogP contribution is -1.89. The van der Waals surface area contributed by atoms with Crippen molar-refractivity contribution in [3.63, 3.8) is 0 Å². The zero-order valence-corrected chi connectivity index (χ0v) is 8.95. The molecule has 1 heterocycles. The van der Waals surface area contributed by atoms with Gasteiger partial charge in [0.15, 0.2) is 5.82 Å². The third-order valence-corrected chi connectivity index (χ3v) is 2.59. The minimum absolute atomic E-state index is 0.402. The van der Waals surface area contributed by atoms with Crippen LogP contribution in [0.25, 0.3) is 10.9 Å².